The fourth-order valence-electron chi connectivity index (χ4n) is 0.869. The van der Waals surface area contributed by atoms with Gasteiger partial charge in [-0.2, -0.15) is 0 Å². The van der Waals surface area contributed by atoms with Crippen molar-refractivity contribution in [1.29, 1.82) is 0 Å². The highest BCUT2D eigenvalue weighted by Gasteiger charge is 2.08. The molecule has 1 unspecified atom stereocenters. The summed E-state index contributed by atoms with van der Waals surface area (Å²) in [6.07, 6.45) is 3.37. The molecule has 1 aromatic rings. The molecule has 0 saturated carbocycles. The number of hydrogen-bond donors (Lipinski definition) is 2. The molecular weight excluding hydrogens is 182 g/mol. The fraction of sp³-hybridized carbons (Fsp3) is 0.444. The Labute approximate surface area is 82.2 Å². The summed E-state index contributed by atoms with van der Waals surface area (Å²) in [5.41, 5.74) is 0.878. The minimum atomic E-state index is -0.863. The molecule has 0 aliphatic heterocycles. The molecule has 1 aromatic heterocycles. The van der Waals surface area contributed by atoms with Crippen LogP contribution in [0.25, 0.3) is 0 Å². The number of nitrogens with one attached hydrogen (secondary N) is 1. The van der Waals surface area contributed by atoms with Crippen LogP contribution in [0.2, 0.25) is 0 Å². The van der Waals surface area contributed by atoms with Gasteiger partial charge in [0.05, 0.1) is 0 Å². The van der Waals surface area contributed by atoms with Crippen molar-refractivity contribution >= 4 is 5.97 Å². The highest BCUT2D eigenvalue weighted by molar-refractivity contribution is 5.72. The second kappa shape index (κ2) is 4.66. The summed E-state index contributed by atoms with van der Waals surface area (Å²) in [5.74, 6) is -0.155. The van der Waals surface area contributed by atoms with Gasteiger partial charge in [-0.15, -0.1) is 0 Å². The molecular formula is C9H13N3O2. The smallest absolute Gasteiger partial charge is 0.320 e. The Morgan fingerprint density at radius 1 is 1.57 bits per heavy atom. The van der Waals surface area contributed by atoms with E-state index < -0.39 is 12.0 Å². The number of aliphatic carboxylic acids is 1. The monoisotopic (exact) mass is 195 g/mol. The summed E-state index contributed by atoms with van der Waals surface area (Å²) >= 11 is 0. The molecule has 1 rings (SSSR count). The normalized spacial score (nSPS) is 12.4. The minimum Gasteiger partial charge on any atom is -0.480 e. The van der Waals surface area contributed by atoms with E-state index in [1.807, 2.05) is 0 Å². The summed E-state index contributed by atoms with van der Waals surface area (Å²) in [5, 5.41) is 11.4. The lowest BCUT2D eigenvalue weighted by molar-refractivity contribution is -0.139. The Morgan fingerprint density at radius 3 is 2.64 bits per heavy atom. The number of aryl methyl sites for hydroxylation is 1. The fourth-order valence-corrected chi connectivity index (χ4v) is 0.869. The summed E-state index contributed by atoms with van der Waals surface area (Å²) in [6, 6.07) is -0.559. The molecule has 2 N–H and O–H groups in total. The third-order valence-corrected chi connectivity index (χ3v) is 1.82. The molecule has 0 amide bonds. The van der Waals surface area contributed by atoms with E-state index in [-0.39, 0.29) is 0 Å². The van der Waals surface area contributed by atoms with Crippen LogP contribution in [0.5, 0.6) is 0 Å². The molecule has 5 heteroatoms. The number of carboxylic acid groups (broad SMARTS) is 1. The van der Waals surface area contributed by atoms with Gasteiger partial charge in [0.25, 0.3) is 0 Å². The van der Waals surface area contributed by atoms with Crippen molar-refractivity contribution in [2.75, 3.05) is 0 Å². The van der Waals surface area contributed by atoms with Crippen LogP contribution in [0.4, 0.5) is 0 Å². The van der Waals surface area contributed by atoms with Gasteiger partial charge in [-0.3, -0.25) is 4.79 Å². The number of rotatable bonds is 4. The Morgan fingerprint density at radius 2 is 2.14 bits per heavy atom. The largest absolute Gasteiger partial charge is 0.480 e. The number of carbonyl (C=O) groups is 1. The van der Waals surface area contributed by atoms with E-state index in [2.05, 4.69) is 15.3 Å². The molecule has 5 nitrogen and oxygen atoms in total. The summed E-state index contributed by atoms with van der Waals surface area (Å²) in [7, 11) is 0. The van der Waals surface area contributed by atoms with E-state index in [1.165, 1.54) is 0 Å². The first-order valence-electron chi connectivity index (χ1n) is 4.33. The van der Waals surface area contributed by atoms with Gasteiger partial charge >= 0.3 is 5.97 Å². The molecule has 1 atom stereocenters. The molecule has 0 bridgehead atoms. The Hall–Kier alpha value is -1.49. The molecule has 0 aromatic carbocycles. The highest BCUT2D eigenvalue weighted by Crippen LogP contribution is 1.95. The van der Waals surface area contributed by atoms with Crippen molar-refractivity contribution in [3.63, 3.8) is 0 Å². The zero-order valence-electron chi connectivity index (χ0n) is 8.19. The lowest BCUT2D eigenvalue weighted by Crippen LogP contribution is -2.33. The van der Waals surface area contributed by atoms with Crippen LogP contribution in [0.15, 0.2) is 12.4 Å². The van der Waals surface area contributed by atoms with Crippen LogP contribution >= 0.6 is 0 Å². The third kappa shape index (κ3) is 3.10. The Kier molecular flexibility index (Phi) is 3.53. The van der Waals surface area contributed by atoms with Crippen LogP contribution in [0, 0.1) is 6.92 Å². The number of aromatic nitrogens is 2. The van der Waals surface area contributed by atoms with Crippen molar-refractivity contribution in [3.05, 3.63) is 23.8 Å². The van der Waals surface area contributed by atoms with Gasteiger partial charge in [0, 0.05) is 24.5 Å². The number of hydrogen-bond acceptors (Lipinski definition) is 4. The van der Waals surface area contributed by atoms with Crippen LogP contribution < -0.4 is 5.32 Å². The summed E-state index contributed by atoms with van der Waals surface area (Å²) in [4.78, 5) is 18.5. The van der Waals surface area contributed by atoms with Gasteiger partial charge in [0.15, 0.2) is 0 Å². The maximum atomic E-state index is 10.5. The topological polar surface area (TPSA) is 75.1 Å². The number of nitrogens with zero attached hydrogens (tertiary/aromatic N) is 2. The third-order valence-electron chi connectivity index (χ3n) is 1.82. The highest BCUT2D eigenvalue weighted by atomic mass is 16.4. The van der Waals surface area contributed by atoms with E-state index >= 15 is 0 Å². The second-order valence-electron chi connectivity index (χ2n) is 3.08. The lowest BCUT2D eigenvalue weighted by Gasteiger charge is -2.08. The molecule has 0 radical (unpaired) electrons. The molecule has 0 fully saturated rings. The van der Waals surface area contributed by atoms with Crippen molar-refractivity contribution in [2.45, 2.75) is 26.4 Å². The average Bonchev–Trinajstić information content (AvgIpc) is 2.16. The first kappa shape index (κ1) is 10.6. The molecule has 0 spiro atoms. The first-order chi connectivity index (χ1) is 6.59. The molecule has 1 heterocycles. The Bertz CT molecular complexity index is 310. The maximum Gasteiger partial charge on any atom is 0.320 e. The molecule has 0 aliphatic rings. The zero-order valence-corrected chi connectivity index (χ0v) is 8.19. The van der Waals surface area contributed by atoms with Gasteiger partial charge < -0.3 is 10.4 Å². The average molecular weight is 195 g/mol. The predicted molar refractivity (Wildman–Crippen MR) is 50.7 cm³/mol. The van der Waals surface area contributed by atoms with Gasteiger partial charge in [0.2, 0.25) is 0 Å². The molecule has 14 heavy (non-hydrogen) atoms. The molecule has 76 valence electrons. The minimum absolute atomic E-state index is 0.466. The van der Waals surface area contributed by atoms with Crippen LogP contribution in [0.3, 0.4) is 0 Å². The van der Waals surface area contributed by atoms with Crippen LogP contribution in [0.1, 0.15) is 18.3 Å². The van der Waals surface area contributed by atoms with E-state index in [1.54, 1.807) is 26.2 Å². The van der Waals surface area contributed by atoms with Crippen molar-refractivity contribution < 1.29 is 9.90 Å². The Balaban J connectivity index is 2.46. The quantitative estimate of drug-likeness (QED) is 0.725. The maximum absolute atomic E-state index is 10.5. The zero-order chi connectivity index (χ0) is 10.6. The van der Waals surface area contributed by atoms with Crippen molar-refractivity contribution in [3.8, 4) is 0 Å². The van der Waals surface area contributed by atoms with Gasteiger partial charge in [-0.05, 0) is 13.8 Å². The van der Waals surface area contributed by atoms with E-state index in [0.29, 0.717) is 12.4 Å². The molecule has 0 saturated heterocycles. The number of carboxylic acids is 1. The predicted octanol–water partition coefficient (Wildman–Crippen LogP) is 0.348. The SMILES string of the molecule is Cc1ncc(CNC(C)C(=O)O)cn1. The summed E-state index contributed by atoms with van der Waals surface area (Å²) < 4.78 is 0. The van der Waals surface area contributed by atoms with Gasteiger partial charge in [-0.25, -0.2) is 9.97 Å². The van der Waals surface area contributed by atoms with E-state index in [0.717, 1.165) is 5.56 Å². The second-order valence-corrected chi connectivity index (χ2v) is 3.08. The van der Waals surface area contributed by atoms with Gasteiger partial charge in [-0.1, -0.05) is 0 Å². The lowest BCUT2D eigenvalue weighted by atomic mass is 10.3. The van der Waals surface area contributed by atoms with E-state index in [4.69, 9.17) is 5.11 Å². The first-order valence-corrected chi connectivity index (χ1v) is 4.33. The standard InChI is InChI=1S/C9H13N3O2/c1-6(9(13)14)10-3-8-4-11-7(2)12-5-8/h4-6,10H,3H2,1-2H3,(H,13,14). The van der Waals surface area contributed by atoms with Crippen molar-refractivity contribution in [1.82, 2.24) is 15.3 Å². The van der Waals surface area contributed by atoms with Gasteiger partial charge in [0.1, 0.15) is 11.9 Å². The summed E-state index contributed by atoms with van der Waals surface area (Å²) in [6.45, 7) is 3.86. The molecule has 0 aliphatic carbocycles. The van der Waals surface area contributed by atoms with Crippen molar-refractivity contribution in [2.24, 2.45) is 0 Å². The van der Waals surface area contributed by atoms with E-state index in [9.17, 15) is 4.79 Å². The van der Waals surface area contributed by atoms with Crippen LogP contribution in [-0.4, -0.2) is 27.1 Å². The van der Waals surface area contributed by atoms with Crippen LogP contribution in [-0.2, 0) is 11.3 Å².